The Morgan fingerprint density at radius 1 is 1.07 bits per heavy atom. The molecule has 2 atom stereocenters. The number of ether oxygens (including phenoxy) is 1. The quantitative estimate of drug-likeness (QED) is 0.810. The minimum absolute atomic E-state index is 0.0818. The van der Waals surface area contributed by atoms with Crippen molar-refractivity contribution in [3.63, 3.8) is 0 Å². The van der Waals surface area contributed by atoms with E-state index in [9.17, 15) is 14.4 Å². The van der Waals surface area contributed by atoms with Gasteiger partial charge in [-0.2, -0.15) is 0 Å². The molecule has 9 nitrogen and oxygen atoms in total. The maximum Gasteiger partial charge on any atom is 0.332 e. The number of nitrogens with one attached hydrogen (secondary N) is 1. The van der Waals surface area contributed by atoms with Crippen molar-refractivity contribution in [3.05, 3.63) is 30.1 Å². The zero-order valence-electron chi connectivity index (χ0n) is 14.6. The van der Waals surface area contributed by atoms with Crippen LogP contribution in [0.1, 0.15) is 23.2 Å². The van der Waals surface area contributed by atoms with Crippen LogP contribution in [0.5, 0.6) is 0 Å². The average molecular weight is 372 g/mol. The van der Waals surface area contributed by atoms with Crippen molar-refractivity contribution in [1.82, 2.24) is 19.8 Å². The normalized spacial score (nSPS) is 23.0. The number of aliphatic carboxylic acids is 1. The molecule has 1 aromatic heterocycles. The molecular formula is C18H20N4O5. The number of aromatic nitrogens is 2. The van der Waals surface area contributed by atoms with Crippen LogP contribution in [0.2, 0.25) is 0 Å². The second-order valence-electron chi connectivity index (χ2n) is 6.78. The third-order valence-corrected chi connectivity index (χ3v) is 5.12. The SMILES string of the molecule is O=C(O)[C@H]1CC[C@@H](C(=O)N2CCN(C(=O)c3ccc4nc[nH]c4c3)CC2)O1. The van der Waals surface area contributed by atoms with Gasteiger partial charge in [-0.15, -0.1) is 0 Å². The van der Waals surface area contributed by atoms with Crippen molar-refractivity contribution in [2.24, 2.45) is 0 Å². The fraction of sp³-hybridized carbons (Fsp3) is 0.444. The number of H-pyrrole nitrogens is 1. The van der Waals surface area contributed by atoms with Crippen LogP contribution >= 0.6 is 0 Å². The Balaban J connectivity index is 1.35. The van der Waals surface area contributed by atoms with E-state index in [1.807, 2.05) is 0 Å². The number of carbonyl (C=O) groups is 3. The topological polar surface area (TPSA) is 116 Å². The molecular weight excluding hydrogens is 352 g/mol. The third kappa shape index (κ3) is 3.37. The maximum absolute atomic E-state index is 12.7. The third-order valence-electron chi connectivity index (χ3n) is 5.12. The number of carboxylic acid groups (broad SMARTS) is 1. The molecule has 0 aliphatic carbocycles. The molecule has 27 heavy (non-hydrogen) atoms. The number of carboxylic acids is 1. The summed E-state index contributed by atoms with van der Waals surface area (Å²) in [5, 5.41) is 8.98. The summed E-state index contributed by atoms with van der Waals surface area (Å²) in [5.74, 6) is -1.30. The van der Waals surface area contributed by atoms with E-state index in [4.69, 9.17) is 9.84 Å². The second-order valence-corrected chi connectivity index (χ2v) is 6.78. The highest BCUT2D eigenvalue weighted by Gasteiger charge is 2.37. The summed E-state index contributed by atoms with van der Waals surface area (Å²) in [6.45, 7) is 1.68. The van der Waals surface area contributed by atoms with Crippen LogP contribution in [-0.4, -0.2) is 81.0 Å². The second kappa shape index (κ2) is 6.99. The lowest BCUT2D eigenvalue weighted by Crippen LogP contribution is -2.53. The smallest absolute Gasteiger partial charge is 0.332 e. The lowest BCUT2D eigenvalue weighted by Gasteiger charge is -2.35. The Morgan fingerprint density at radius 2 is 1.78 bits per heavy atom. The van der Waals surface area contributed by atoms with E-state index >= 15 is 0 Å². The van der Waals surface area contributed by atoms with Crippen LogP contribution in [-0.2, 0) is 14.3 Å². The molecule has 2 fully saturated rings. The van der Waals surface area contributed by atoms with Crippen molar-refractivity contribution in [2.75, 3.05) is 26.2 Å². The number of carbonyl (C=O) groups excluding carboxylic acids is 2. The van der Waals surface area contributed by atoms with E-state index < -0.39 is 18.2 Å². The number of piperazine rings is 1. The van der Waals surface area contributed by atoms with E-state index in [2.05, 4.69) is 9.97 Å². The predicted octanol–water partition coefficient (Wildman–Crippen LogP) is 0.480. The van der Waals surface area contributed by atoms with Gasteiger partial charge < -0.3 is 24.6 Å². The molecule has 2 aliphatic rings. The van der Waals surface area contributed by atoms with E-state index in [-0.39, 0.29) is 11.8 Å². The summed E-state index contributed by atoms with van der Waals surface area (Å²) in [4.78, 5) is 46.7. The molecule has 4 rings (SSSR count). The number of imidazole rings is 1. The molecule has 2 aromatic rings. The number of fused-ring (bicyclic) bond motifs is 1. The Kier molecular flexibility index (Phi) is 4.53. The van der Waals surface area contributed by atoms with Crippen molar-refractivity contribution < 1.29 is 24.2 Å². The van der Waals surface area contributed by atoms with E-state index in [0.717, 1.165) is 11.0 Å². The first kappa shape index (κ1) is 17.5. The Labute approximate surface area is 154 Å². The summed E-state index contributed by atoms with van der Waals surface area (Å²) in [7, 11) is 0. The number of hydrogen-bond acceptors (Lipinski definition) is 5. The Hall–Kier alpha value is -2.94. The molecule has 2 aliphatic heterocycles. The van der Waals surface area contributed by atoms with E-state index in [1.165, 1.54) is 0 Å². The average Bonchev–Trinajstić information content (AvgIpc) is 3.36. The number of hydrogen-bond donors (Lipinski definition) is 2. The first-order valence-electron chi connectivity index (χ1n) is 8.92. The summed E-state index contributed by atoms with van der Waals surface area (Å²) >= 11 is 0. The van der Waals surface area contributed by atoms with Crippen LogP contribution in [0.4, 0.5) is 0 Å². The highest BCUT2D eigenvalue weighted by atomic mass is 16.5. The predicted molar refractivity (Wildman–Crippen MR) is 94.1 cm³/mol. The van der Waals surface area contributed by atoms with Gasteiger partial charge in [0.1, 0.15) is 6.10 Å². The lowest BCUT2D eigenvalue weighted by atomic mass is 10.1. The van der Waals surface area contributed by atoms with Crippen molar-refractivity contribution in [3.8, 4) is 0 Å². The highest BCUT2D eigenvalue weighted by Crippen LogP contribution is 2.22. The molecule has 1 aromatic carbocycles. The molecule has 3 heterocycles. The molecule has 0 bridgehead atoms. The molecule has 0 spiro atoms. The standard InChI is InChI=1S/C18H20N4O5/c23-16(11-1-2-12-13(9-11)20-10-19-12)21-5-7-22(8-6-21)17(24)14-3-4-15(27-14)18(25)26/h1-2,9-10,14-15H,3-8H2,(H,19,20)(H,25,26)/t14-,15+/m0/s1. The van der Waals surface area contributed by atoms with Gasteiger partial charge in [0.05, 0.1) is 17.4 Å². The monoisotopic (exact) mass is 372 g/mol. The van der Waals surface area contributed by atoms with E-state index in [0.29, 0.717) is 44.6 Å². The molecule has 0 saturated carbocycles. The summed E-state index contributed by atoms with van der Waals surface area (Å²) in [5.41, 5.74) is 2.19. The first-order chi connectivity index (χ1) is 13.0. The molecule has 2 N–H and O–H groups in total. The van der Waals surface area contributed by atoms with Crippen LogP contribution < -0.4 is 0 Å². The number of aromatic amines is 1. The molecule has 0 radical (unpaired) electrons. The molecule has 142 valence electrons. The van der Waals surface area contributed by atoms with Gasteiger partial charge in [0.15, 0.2) is 6.10 Å². The Morgan fingerprint density at radius 3 is 2.48 bits per heavy atom. The molecule has 0 unspecified atom stereocenters. The number of amides is 2. The van der Waals surface area contributed by atoms with Gasteiger partial charge in [-0.25, -0.2) is 9.78 Å². The zero-order valence-corrected chi connectivity index (χ0v) is 14.6. The lowest BCUT2D eigenvalue weighted by molar-refractivity contribution is -0.155. The number of rotatable bonds is 3. The summed E-state index contributed by atoms with van der Waals surface area (Å²) in [6, 6.07) is 5.33. The van der Waals surface area contributed by atoms with Gasteiger partial charge in [-0.1, -0.05) is 0 Å². The van der Waals surface area contributed by atoms with Crippen molar-refractivity contribution in [2.45, 2.75) is 25.0 Å². The summed E-state index contributed by atoms with van der Waals surface area (Å²) < 4.78 is 5.33. The van der Waals surface area contributed by atoms with Crippen LogP contribution in [0.15, 0.2) is 24.5 Å². The minimum Gasteiger partial charge on any atom is -0.479 e. The van der Waals surface area contributed by atoms with Gasteiger partial charge in [-0.05, 0) is 31.0 Å². The van der Waals surface area contributed by atoms with E-state index in [1.54, 1.807) is 34.3 Å². The highest BCUT2D eigenvalue weighted by molar-refractivity contribution is 5.97. The first-order valence-corrected chi connectivity index (χ1v) is 8.92. The van der Waals surface area contributed by atoms with Crippen LogP contribution in [0.3, 0.4) is 0 Å². The number of nitrogens with zero attached hydrogens (tertiary/aromatic N) is 3. The van der Waals surface area contributed by atoms with Gasteiger partial charge in [0, 0.05) is 31.7 Å². The number of benzene rings is 1. The van der Waals surface area contributed by atoms with Gasteiger partial charge >= 0.3 is 5.97 Å². The molecule has 2 saturated heterocycles. The Bertz CT molecular complexity index is 887. The molecule has 9 heteroatoms. The fourth-order valence-electron chi connectivity index (χ4n) is 3.59. The van der Waals surface area contributed by atoms with Crippen LogP contribution in [0.25, 0.3) is 11.0 Å². The van der Waals surface area contributed by atoms with Gasteiger partial charge in [-0.3, -0.25) is 9.59 Å². The van der Waals surface area contributed by atoms with Gasteiger partial charge in [0.25, 0.3) is 11.8 Å². The largest absolute Gasteiger partial charge is 0.479 e. The fourth-order valence-corrected chi connectivity index (χ4v) is 3.59. The minimum atomic E-state index is -1.03. The summed E-state index contributed by atoms with van der Waals surface area (Å²) in [6.07, 6.45) is 0.748. The maximum atomic E-state index is 12.7. The van der Waals surface area contributed by atoms with Crippen molar-refractivity contribution >= 4 is 28.8 Å². The van der Waals surface area contributed by atoms with Crippen molar-refractivity contribution in [1.29, 1.82) is 0 Å². The molecule has 2 amide bonds. The zero-order chi connectivity index (χ0) is 19.0. The van der Waals surface area contributed by atoms with Crippen LogP contribution in [0, 0.1) is 0 Å². The van der Waals surface area contributed by atoms with Gasteiger partial charge in [0.2, 0.25) is 0 Å².